The van der Waals surface area contributed by atoms with Crippen molar-refractivity contribution >= 4 is 117 Å². The van der Waals surface area contributed by atoms with Crippen LogP contribution < -0.4 is 21.3 Å². The van der Waals surface area contributed by atoms with Gasteiger partial charge in [0.25, 0.3) is 0 Å². The van der Waals surface area contributed by atoms with Crippen LogP contribution in [-0.4, -0.2) is 15.8 Å². The van der Waals surface area contributed by atoms with Crippen LogP contribution in [0, 0.1) is 0 Å². The highest BCUT2D eigenvalue weighted by atomic mass is 32.2. The number of hydrogen-bond acceptors (Lipinski definition) is 3. The average molecular weight is 1330 g/mol. The Hall–Kier alpha value is -12.9. The van der Waals surface area contributed by atoms with Gasteiger partial charge in [-0.25, -0.2) is 0 Å². The van der Waals surface area contributed by atoms with Gasteiger partial charge in [0.1, 0.15) is 11.2 Å². The molecule has 1 spiro atoms. The van der Waals surface area contributed by atoms with Crippen molar-refractivity contribution in [3.05, 3.63) is 374 Å². The van der Waals surface area contributed by atoms with E-state index < -0.39 is 48.4 Å². The zero-order chi connectivity index (χ0) is 74.1. The van der Waals surface area contributed by atoms with E-state index in [1.807, 2.05) is 42.1 Å². The fourth-order valence-electron chi connectivity index (χ4n) is 18.2. The Kier molecular flexibility index (Phi) is 10.4. The van der Waals surface area contributed by atoms with Crippen LogP contribution in [0.5, 0.6) is 0 Å². The lowest BCUT2D eigenvalue weighted by Crippen LogP contribution is -2.60. The van der Waals surface area contributed by atoms with Crippen LogP contribution in [0.2, 0.25) is 0 Å². The third-order valence-corrected chi connectivity index (χ3v) is 23.6. The van der Waals surface area contributed by atoms with Crippen molar-refractivity contribution in [1.82, 2.24) is 9.13 Å². The molecule has 16 aromatic carbocycles. The minimum Gasteiger partial charge on any atom is -0.456 e. The first kappa shape index (κ1) is 49.6. The van der Waals surface area contributed by atoms with Gasteiger partial charge in [-0.1, -0.05) is 278 Å². The SMILES string of the molecule is [2H]c1c([2H])c([2H])c2c(c1[2H])c1c([2H])c([2H])c([2H])c([2H])c1n2-c1ccc2c(c1)N(c1c(-c3ccccc3)cccc1-c1ccccc1)c1cc(-c3ccc4oc5ccccc5c4c3)cc3c1B2c1ccc2c(c1S3)c1cc(-c3ccc4c(c3)-c3ccccc3C43c4ccccc4-c4ccccc43)ccc1n2-c1ccccc1. The van der Waals surface area contributed by atoms with E-state index in [1.54, 1.807) is 4.57 Å². The molecule has 3 aromatic heterocycles. The molecule has 0 atom stereocenters. The zero-order valence-electron chi connectivity index (χ0n) is 63.1. The molecule has 0 radical (unpaired) electrons. The molecular weight excluding hydrogens is 1270 g/mol. The molecule has 476 valence electrons. The number of fused-ring (bicyclic) bond motifs is 24. The molecule has 0 amide bonds. The molecule has 23 rings (SSSR count). The van der Waals surface area contributed by atoms with E-state index in [0.717, 1.165) is 137 Å². The molecule has 2 aliphatic carbocycles. The summed E-state index contributed by atoms with van der Waals surface area (Å²) < 4.78 is 85.8. The van der Waals surface area contributed by atoms with Crippen molar-refractivity contribution in [2.24, 2.45) is 0 Å². The van der Waals surface area contributed by atoms with Crippen LogP contribution in [0.25, 0.3) is 144 Å². The second kappa shape index (κ2) is 21.6. The second-order valence-electron chi connectivity index (χ2n) is 27.5. The summed E-state index contributed by atoms with van der Waals surface area (Å²) >= 11 is 1.81. The normalized spacial score (nSPS) is 14.5. The summed E-state index contributed by atoms with van der Waals surface area (Å²) in [6.07, 6.45) is 0. The molecule has 0 saturated heterocycles. The van der Waals surface area contributed by atoms with Crippen molar-refractivity contribution in [2.45, 2.75) is 15.2 Å². The van der Waals surface area contributed by atoms with E-state index in [4.69, 9.17) is 7.16 Å². The first-order valence-electron chi connectivity index (χ1n) is 39.0. The van der Waals surface area contributed by atoms with E-state index in [2.05, 4.69) is 282 Å². The van der Waals surface area contributed by atoms with Gasteiger partial charge in [0.05, 0.1) is 44.1 Å². The molecule has 5 heterocycles. The lowest BCUT2D eigenvalue weighted by Gasteiger charge is -2.42. The second-order valence-corrected chi connectivity index (χ2v) is 28.5. The predicted octanol–water partition coefficient (Wildman–Crippen LogP) is 23.6. The molecule has 0 N–H and O–H groups in total. The highest BCUT2D eigenvalue weighted by molar-refractivity contribution is 8.00. The van der Waals surface area contributed by atoms with E-state index in [-0.39, 0.29) is 33.9 Å². The van der Waals surface area contributed by atoms with Gasteiger partial charge in [0.15, 0.2) is 0 Å². The van der Waals surface area contributed by atoms with Crippen molar-refractivity contribution in [1.29, 1.82) is 0 Å². The van der Waals surface area contributed by atoms with E-state index in [1.165, 1.54) is 44.5 Å². The Bertz CT molecular complexity index is 7200. The van der Waals surface area contributed by atoms with Crippen molar-refractivity contribution in [3.8, 4) is 78.1 Å². The first-order valence-corrected chi connectivity index (χ1v) is 35.8. The number of hydrogen-bond donors (Lipinski definition) is 0. The summed E-state index contributed by atoms with van der Waals surface area (Å²) in [6.45, 7) is -0.435. The van der Waals surface area contributed by atoms with Gasteiger partial charge < -0.3 is 18.5 Å². The maximum absolute atomic E-state index is 9.79. The number of rotatable bonds is 7. The Morgan fingerprint density at radius 3 is 1.57 bits per heavy atom. The summed E-state index contributed by atoms with van der Waals surface area (Å²) in [5, 5.41) is 4.24. The van der Waals surface area contributed by atoms with Crippen LogP contribution in [0.15, 0.2) is 366 Å². The minimum absolute atomic E-state index is 0.0109. The van der Waals surface area contributed by atoms with Crippen LogP contribution in [0.3, 0.4) is 0 Å². The highest BCUT2D eigenvalue weighted by Gasteiger charge is 2.52. The summed E-state index contributed by atoms with van der Waals surface area (Å²) in [5.41, 5.74) is 28.7. The molecule has 6 heteroatoms. The lowest BCUT2D eigenvalue weighted by molar-refractivity contribution is 0.669. The number of anilines is 3. The van der Waals surface area contributed by atoms with Gasteiger partial charge in [-0.15, -0.1) is 0 Å². The topological polar surface area (TPSA) is 26.2 Å². The molecule has 2 aliphatic heterocycles. The van der Waals surface area contributed by atoms with Crippen molar-refractivity contribution in [2.75, 3.05) is 4.90 Å². The number of nitrogens with zero attached hydrogens (tertiary/aromatic N) is 3. The maximum Gasteiger partial charge on any atom is 0.249 e. The average Bonchev–Trinajstić information content (AvgIpc) is 1.55. The molecule has 0 fully saturated rings. The van der Waals surface area contributed by atoms with E-state index >= 15 is 0 Å². The summed E-state index contributed by atoms with van der Waals surface area (Å²) in [7, 11) is 0. The number of para-hydroxylation sites is 5. The van der Waals surface area contributed by atoms with Crippen LogP contribution in [0.4, 0.5) is 17.1 Å². The van der Waals surface area contributed by atoms with Crippen LogP contribution >= 0.6 is 11.8 Å². The predicted molar refractivity (Wildman–Crippen MR) is 430 cm³/mol. The molecule has 103 heavy (non-hydrogen) atoms. The van der Waals surface area contributed by atoms with Gasteiger partial charge in [-0.2, -0.15) is 0 Å². The van der Waals surface area contributed by atoms with Gasteiger partial charge in [0, 0.05) is 76.0 Å². The monoisotopic (exact) mass is 1330 g/mol. The Labute approximate surface area is 610 Å². The zero-order valence-corrected chi connectivity index (χ0v) is 55.9. The molecule has 19 aromatic rings. The Morgan fingerprint density at radius 2 is 0.864 bits per heavy atom. The number of benzene rings is 16. The van der Waals surface area contributed by atoms with Gasteiger partial charge >= 0.3 is 0 Å². The fourth-order valence-corrected chi connectivity index (χ4v) is 19.6. The molecule has 4 nitrogen and oxygen atoms in total. The van der Waals surface area contributed by atoms with Gasteiger partial charge in [0.2, 0.25) is 6.71 Å². The minimum atomic E-state index is -0.499. The number of aromatic nitrogens is 2. The Morgan fingerprint density at radius 1 is 0.330 bits per heavy atom. The van der Waals surface area contributed by atoms with E-state index in [0.29, 0.717) is 5.69 Å². The smallest absolute Gasteiger partial charge is 0.249 e. The molecule has 0 bridgehead atoms. The lowest BCUT2D eigenvalue weighted by atomic mass is 9.34. The molecule has 0 saturated carbocycles. The quantitative estimate of drug-likeness (QED) is 0.149. The van der Waals surface area contributed by atoms with Crippen molar-refractivity contribution < 1.29 is 15.4 Å². The summed E-state index contributed by atoms with van der Waals surface area (Å²) in [6, 6.07) is 106. The molecule has 0 unspecified atom stereocenters. The van der Waals surface area contributed by atoms with Gasteiger partial charge in [-0.3, -0.25) is 0 Å². The largest absolute Gasteiger partial charge is 0.456 e. The third kappa shape index (κ3) is 7.93. The van der Waals surface area contributed by atoms with Crippen LogP contribution in [-0.2, 0) is 5.41 Å². The summed E-state index contributed by atoms with van der Waals surface area (Å²) in [4.78, 5) is 4.58. The molecule has 4 aliphatic rings. The standard InChI is InChI=1S/C97H58BN3OS/c1-4-23-59(24-5-1)67-35-22-36-68(60-25-6-2-7-26-60)95(67)101-88-58-66(100-84-40-19-13-32-72(84)73-33-14-20-41-85(73)100)46-48-82(88)98-83-49-51-87-93(96(83)103-92-57-64(56-89(101)94(92)98)63-45-52-91-76(54-63)74-34-15-21-42-90(74)102-91)77-55-62(44-50-86(77)99(87)65-27-8-3-9-28-65)61-43-47-81-75(53-61)71-31-12-18-39-80(71)97(81)78-37-16-10-29-69(78)70-30-11-17-38-79(70)97/h1-58H/i13D,14D,19D,20D,32D,33D,40D,41D. The maximum atomic E-state index is 9.79. The Balaban J connectivity index is 0.824. The fraction of sp³-hybridized carbons (Fsp3) is 0.0103. The summed E-state index contributed by atoms with van der Waals surface area (Å²) in [5.74, 6) is 0. The van der Waals surface area contributed by atoms with E-state index in [9.17, 15) is 8.22 Å². The van der Waals surface area contributed by atoms with Crippen molar-refractivity contribution in [3.63, 3.8) is 0 Å². The number of furan rings is 1. The first-order chi connectivity index (χ1) is 54.4. The highest BCUT2D eigenvalue weighted by Crippen LogP contribution is 2.63. The van der Waals surface area contributed by atoms with Gasteiger partial charge in [-0.05, 0) is 180 Å². The van der Waals surface area contributed by atoms with Crippen LogP contribution in [0.1, 0.15) is 33.2 Å². The molecular formula is C97H58BN3OS. The third-order valence-electron chi connectivity index (χ3n) is 22.4.